The molecule has 2 aromatic carbocycles. The van der Waals surface area contributed by atoms with Crippen LogP contribution in [0, 0.1) is 0 Å². The van der Waals surface area contributed by atoms with Crippen molar-refractivity contribution in [1.82, 2.24) is 4.90 Å². The van der Waals surface area contributed by atoms with Gasteiger partial charge in [0.15, 0.2) is 6.54 Å². The highest BCUT2D eigenvalue weighted by atomic mass is 16.6. The van der Waals surface area contributed by atoms with Crippen molar-refractivity contribution >= 4 is 17.9 Å². The van der Waals surface area contributed by atoms with E-state index in [2.05, 4.69) is 69.5 Å². The van der Waals surface area contributed by atoms with Gasteiger partial charge in [-0.2, -0.15) is 5.10 Å². The standard InChI is InChI=1S/C29H42N5O2/c1-29(2,3)36-28(35)23-34(22-25-7-5-4-6-8-25)19-13-27(14-20-34)33-17-15-32(16-18-33)26-11-9-24(10-12-26)21-31-30/h4-12,21,27H,13-20,22-23,30H2,1-3H3/q+1/b31-21-. The predicted molar refractivity (Wildman–Crippen MR) is 146 cm³/mol. The SMILES string of the molecule is CC(C)(C)OC(=O)C[N+]1(Cc2ccccc2)CCC(N2CCN(c3ccc(/C=N\N)cc3)CC2)CC1. The van der Waals surface area contributed by atoms with Gasteiger partial charge in [0.2, 0.25) is 0 Å². The minimum absolute atomic E-state index is 0.0887. The quantitative estimate of drug-likeness (QED) is 0.210. The molecule has 0 unspecified atom stereocenters. The minimum Gasteiger partial charge on any atom is -0.456 e. The third-order valence-corrected chi connectivity index (χ3v) is 7.43. The number of esters is 1. The van der Waals surface area contributed by atoms with Crippen LogP contribution in [0.3, 0.4) is 0 Å². The minimum atomic E-state index is -0.454. The number of nitrogens with two attached hydrogens (primary N) is 1. The fraction of sp³-hybridized carbons (Fsp3) is 0.517. The van der Waals surface area contributed by atoms with Crippen LogP contribution in [0.15, 0.2) is 59.7 Å². The molecule has 2 aliphatic heterocycles. The lowest BCUT2D eigenvalue weighted by Crippen LogP contribution is -2.60. The first-order chi connectivity index (χ1) is 17.3. The second-order valence-electron chi connectivity index (χ2n) is 11.3. The number of quaternary nitrogens is 1. The molecule has 7 heteroatoms. The zero-order valence-corrected chi connectivity index (χ0v) is 22.1. The van der Waals surface area contributed by atoms with Gasteiger partial charge in [-0.3, -0.25) is 4.90 Å². The number of nitrogens with zero attached hydrogens (tertiary/aromatic N) is 4. The van der Waals surface area contributed by atoms with Crippen molar-refractivity contribution in [2.75, 3.05) is 50.7 Å². The van der Waals surface area contributed by atoms with Crippen LogP contribution in [-0.4, -0.2) is 79.0 Å². The summed E-state index contributed by atoms with van der Waals surface area (Å²) in [5.74, 6) is 5.17. The number of anilines is 1. The van der Waals surface area contributed by atoms with E-state index < -0.39 is 5.60 Å². The third-order valence-electron chi connectivity index (χ3n) is 7.43. The summed E-state index contributed by atoms with van der Waals surface area (Å²) in [4.78, 5) is 18.0. The summed E-state index contributed by atoms with van der Waals surface area (Å²) < 4.78 is 6.52. The predicted octanol–water partition coefficient (Wildman–Crippen LogP) is 3.62. The monoisotopic (exact) mass is 492 g/mol. The van der Waals surface area contributed by atoms with Crippen molar-refractivity contribution in [3.63, 3.8) is 0 Å². The molecule has 0 bridgehead atoms. The highest BCUT2D eigenvalue weighted by Crippen LogP contribution is 2.28. The molecule has 0 radical (unpaired) electrons. The molecule has 0 atom stereocenters. The molecule has 0 aliphatic carbocycles. The van der Waals surface area contributed by atoms with E-state index in [4.69, 9.17) is 10.6 Å². The fourth-order valence-corrected chi connectivity index (χ4v) is 5.66. The van der Waals surface area contributed by atoms with E-state index in [-0.39, 0.29) is 5.97 Å². The molecule has 0 aromatic heterocycles. The highest BCUT2D eigenvalue weighted by molar-refractivity contribution is 5.80. The Kier molecular flexibility index (Phi) is 8.32. The average Bonchev–Trinajstić information content (AvgIpc) is 2.85. The first-order valence-corrected chi connectivity index (χ1v) is 13.2. The van der Waals surface area contributed by atoms with Gasteiger partial charge in [-0.25, -0.2) is 4.79 Å². The topological polar surface area (TPSA) is 71.2 Å². The molecule has 2 N–H and O–H groups in total. The summed E-state index contributed by atoms with van der Waals surface area (Å²) in [6, 6.07) is 19.6. The summed E-state index contributed by atoms with van der Waals surface area (Å²) in [5.41, 5.74) is 3.11. The molecule has 4 rings (SSSR count). The number of benzene rings is 2. The van der Waals surface area contributed by atoms with E-state index in [9.17, 15) is 4.79 Å². The first kappa shape index (κ1) is 26.2. The molecule has 2 aliphatic rings. The van der Waals surface area contributed by atoms with Crippen molar-refractivity contribution < 1.29 is 14.0 Å². The Morgan fingerprint density at radius 1 is 1.03 bits per heavy atom. The lowest BCUT2D eigenvalue weighted by Gasteiger charge is -2.47. The second kappa shape index (κ2) is 11.4. The van der Waals surface area contributed by atoms with Crippen molar-refractivity contribution in [2.45, 2.75) is 51.8 Å². The Balaban J connectivity index is 1.35. The number of piperidine rings is 1. The molecule has 2 saturated heterocycles. The summed E-state index contributed by atoms with van der Waals surface area (Å²) in [7, 11) is 0. The molecule has 36 heavy (non-hydrogen) atoms. The first-order valence-electron chi connectivity index (χ1n) is 13.2. The van der Waals surface area contributed by atoms with Crippen LogP contribution >= 0.6 is 0 Å². The van der Waals surface area contributed by atoms with Crippen LogP contribution in [0.4, 0.5) is 5.69 Å². The number of carbonyl (C=O) groups excluding carboxylic acids is 1. The van der Waals surface area contributed by atoms with E-state index in [1.807, 2.05) is 20.8 Å². The highest BCUT2D eigenvalue weighted by Gasteiger charge is 2.39. The number of hydrogen-bond acceptors (Lipinski definition) is 6. The molecule has 2 heterocycles. The Hall–Kier alpha value is -2.90. The number of carbonyl (C=O) groups is 1. The maximum absolute atomic E-state index is 12.9. The Morgan fingerprint density at radius 2 is 1.67 bits per heavy atom. The van der Waals surface area contributed by atoms with Gasteiger partial charge in [-0.15, -0.1) is 0 Å². The Bertz CT molecular complexity index is 1000. The number of hydrazone groups is 1. The normalized spacial score (nSPS) is 23.6. The van der Waals surface area contributed by atoms with Crippen molar-refractivity contribution in [3.05, 3.63) is 65.7 Å². The number of ether oxygens (including phenoxy) is 1. The lowest BCUT2D eigenvalue weighted by molar-refractivity contribution is -0.939. The average molecular weight is 493 g/mol. The van der Waals surface area contributed by atoms with E-state index in [1.54, 1.807) is 6.21 Å². The fourth-order valence-electron chi connectivity index (χ4n) is 5.66. The summed E-state index contributed by atoms with van der Waals surface area (Å²) >= 11 is 0. The van der Waals surface area contributed by atoms with Crippen LogP contribution in [-0.2, 0) is 16.1 Å². The summed E-state index contributed by atoms with van der Waals surface area (Å²) in [6.07, 6.45) is 3.90. The molecule has 2 aromatic rings. The van der Waals surface area contributed by atoms with Crippen LogP contribution in [0.25, 0.3) is 0 Å². The lowest BCUT2D eigenvalue weighted by atomic mass is 9.98. The van der Waals surface area contributed by atoms with Gasteiger partial charge in [-0.1, -0.05) is 42.5 Å². The van der Waals surface area contributed by atoms with Gasteiger partial charge < -0.3 is 20.0 Å². The Morgan fingerprint density at radius 3 is 2.25 bits per heavy atom. The van der Waals surface area contributed by atoms with Crippen LogP contribution in [0.2, 0.25) is 0 Å². The third kappa shape index (κ3) is 7.08. The zero-order valence-electron chi connectivity index (χ0n) is 22.1. The van der Waals surface area contributed by atoms with Gasteiger partial charge in [0.25, 0.3) is 0 Å². The molecular formula is C29H42N5O2+. The molecule has 2 fully saturated rings. The van der Waals surface area contributed by atoms with Crippen molar-refractivity contribution in [1.29, 1.82) is 0 Å². The second-order valence-corrected chi connectivity index (χ2v) is 11.3. The van der Waals surface area contributed by atoms with E-state index in [0.29, 0.717) is 12.6 Å². The molecule has 0 amide bonds. The molecule has 7 nitrogen and oxygen atoms in total. The van der Waals surface area contributed by atoms with Crippen molar-refractivity contribution in [2.24, 2.45) is 10.9 Å². The van der Waals surface area contributed by atoms with E-state index in [1.165, 1.54) is 11.3 Å². The zero-order chi connectivity index (χ0) is 25.6. The Labute approximate surface area is 216 Å². The number of hydrogen-bond donors (Lipinski definition) is 1. The van der Waals surface area contributed by atoms with Gasteiger partial charge in [-0.05, 0) is 38.5 Å². The smallest absolute Gasteiger partial charge is 0.362 e. The molecule has 0 spiro atoms. The van der Waals surface area contributed by atoms with Crippen molar-refractivity contribution in [3.8, 4) is 0 Å². The molecular weight excluding hydrogens is 450 g/mol. The summed E-state index contributed by atoms with van der Waals surface area (Å²) in [5, 5.41) is 3.60. The summed E-state index contributed by atoms with van der Waals surface area (Å²) in [6.45, 7) is 13.4. The van der Waals surface area contributed by atoms with Gasteiger partial charge in [0, 0.05) is 56.3 Å². The van der Waals surface area contributed by atoms with E-state index >= 15 is 0 Å². The maximum atomic E-state index is 12.9. The number of rotatable bonds is 7. The van der Waals surface area contributed by atoms with Gasteiger partial charge >= 0.3 is 5.97 Å². The largest absolute Gasteiger partial charge is 0.456 e. The number of piperazine rings is 1. The molecule has 194 valence electrons. The maximum Gasteiger partial charge on any atom is 0.362 e. The van der Waals surface area contributed by atoms with Crippen LogP contribution in [0.1, 0.15) is 44.7 Å². The number of likely N-dealkylation sites (tertiary alicyclic amines) is 1. The van der Waals surface area contributed by atoms with Crippen LogP contribution in [0.5, 0.6) is 0 Å². The van der Waals surface area contributed by atoms with Gasteiger partial charge in [0.1, 0.15) is 12.1 Å². The van der Waals surface area contributed by atoms with Crippen LogP contribution < -0.4 is 10.7 Å². The van der Waals surface area contributed by atoms with Gasteiger partial charge in [0.05, 0.1) is 19.3 Å². The van der Waals surface area contributed by atoms with E-state index in [0.717, 1.165) is 68.7 Å². The molecule has 0 saturated carbocycles.